The molecule has 0 unspecified atom stereocenters. The molecular formula is C32H30N4O2. The number of aromatic nitrogens is 2. The van der Waals surface area contributed by atoms with E-state index < -0.39 is 0 Å². The van der Waals surface area contributed by atoms with Gasteiger partial charge in [-0.2, -0.15) is 0 Å². The third-order valence-corrected chi connectivity index (χ3v) is 7.04. The summed E-state index contributed by atoms with van der Waals surface area (Å²) in [6, 6.07) is 31.2. The summed E-state index contributed by atoms with van der Waals surface area (Å²) in [6.07, 6.45) is 1.65. The molecule has 0 bridgehead atoms. The Morgan fingerprint density at radius 3 is 2.21 bits per heavy atom. The zero-order valence-corrected chi connectivity index (χ0v) is 21.2. The third-order valence-electron chi connectivity index (χ3n) is 7.04. The number of hydrogen-bond donors (Lipinski definition) is 2. The van der Waals surface area contributed by atoms with Crippen LogP contribution in [0.1, 0.15) is 11.1 Å². The van der Waals surface area contributed by atoms with Gasteiger partial charge >= 0.3 is 0 Å². The van der Waals surface area contributed by atoms with Crippen LogP contribution in [0.15, 0.2) is 102 Å². The van der Waals surface area contributed by atoms with Crippen molar-refractivity contribution in [1.29, 1.82) is 0 Å². The molecule has 1 saturated heterocycles. The molecule has 1 aliphatic rings. The highest BCUT2D eigenvalue weighted by molar-refractivity contribution is 5.91. The summed E-state index contributed by atoms with van der Waals surface area (Å²) < 4.78 is 5.45. The largest absolute Gasteiger partial charge is 0.378 e. The average molecular weight is 503 g/mol. The number of aromatic amines is 1. The Bertz CT molecular complexity index is 1570. The normalized spacial score (nSPS) is 13.6. The number of nitrogens with one attached hydrogen (secondary N) is 2. The van der Waals surface area contributed by atoms with E-state index in [0.29, 0.717) is 10.9 Å². The molecule has 3 heterocycles. The second-order valence-electron chi connectivity index (χ2n) is 9.56. The smallest absolute Gasteiger partial charge is 0.257 e. The maximum Gasteiger partial charge on any atom is 0.257 e. The lowest BCUT2D eigenvalue weighted by molar-refractivity contribution is 0.122. The Morgan fingerprint density at radius 1 is 0.816 bits per heavy atom. The molecule has 2 N–H and O–H groups in total. The number of morpholine rings is 1. The van der Waals surface area contributed by atoms with Gasteiger partial charge in [-0.25, -0.2) is 4.98 Å². The van der Waals surface area contributed by atoms with E-state index in [0.717, 1.165) is 61.8 Å². The number of H-pyrrole nitrogens is 1. The van der Waals surface area contributed by atoms with Crippen molar-refractivity contribution in [2.45, 2.75) is 13.1 Å². The number of rotatable bonds is 7. The number of fused-ring (bicyclic) bond motifs is 1. The molecule has 0 amide bonds. The molecule has 190 valence electrons. The van der Waals surface area contributed by atoms with Crippen LogP contribution in [0, 0.1) is 0 Å². The Kier molecular flexibility index (Phi) is 6.98. The SMILES string of the molecule is O=c1[nH]ccc2nc(-c3ccc(CNCc4ccc(N5CCOCC5)cc4)cc3)c(-c3ccccc3)cc12. The zero-order valence-electron chi connectivity index (χ0n) is 21.2. The van der Waals surface area contributed by atoms with Crippen LogP contribution in [-0.2, 0) is 17.8 Å². The van der Waals surface area contributed by atoms with E-state index in [9.17, 15) is 4.79 Å². The van der Waals surface area contributed by atoms with Gasteiger partial charge in [-0.05, 0) is 41.0 Å². The van der Waals surface area contributed by atoms with Crippen LogP contribution in [0.2, 0.25) is 0 Å². The first-order valence-electron chi connectivity index (χ1n) is 13.0. The summed E-state index contributed by atoms with van der Waals surface area (Å²) in [5.41, 5.74) is 8.16. The monoisotopic (exact) mass is 502 g/mol. The minimum Gasteiger partial charge on any atom is -0.378 e. The van der Waals surface area contributed by atoms with Crippen LogP contribution in [0.5, 0.6) is 0 Å². The predicted molar refractivity (Wildman–Crippen MR) is 153 cm³/mol. The lowest BCUT2D eigenvalue weighted by Crippen LogP contribution is -2.36. The van der Waals surface area contributed by atoms with Crippen molar-refractivity contribution in [3.63, 3.8) is 0 Å². The minimum atomic E-state index is -0.129. The maximum absolute atomic E-state index is 12.4. The Morgan fingerprint density at radius 2 is 1.50 bits per heavy atom. The van der Waals surface area contributed by atoms with Crippen LogP contribution in [-0.4, -0.2) is 36.3 Å². The first-order chi connectivity index (χ1) is 18.7. The van der Waals surface area contributed by atoms with E-state index in [-0.39, 0.29) is 5.56 Å². The van der Waals surface area contributed by atoms with Crippen molar-refractivity contribution in [1.82, 2.24) is 15.3 Å². The van der Waals surface area contributed by atoms with Crippen LogP contribution in [0.3, 0.4) is 0 Å². The summed E-state index contributed by atoms with van der Waals surface area (Å²) in [6.45, 7) is 5.08. The predicted octanol–water partition coefficient (Wildman–Crippen LogP) is 5.38. The summed E-state index contributed by atoms with van der Waals surface area (Å²) in [4.78, 5) is 22.5. The van der Waals surface area contributed by atoms with Crippen molar-refractivity contribution in [3.8, 4) is 22.4 Å². The minimum absolute atomic E-state index is 0.129. The molecule has 6 heteroatoms. The van der Waals surface area contributed by atoms with Crippen molar-refractivity contribution in [3.05, 3.63) is 119 Å². The fraction of sp³-hybridized carbons (Fsp3) is 0.188. The molecule has 0 atom stereocenters. The van der Waals surface area contributed by atoms with Gasteiger partial charge in [-0.3, -0.25) is 4.79 Å². The molecule has 1 fully saturated rings. The first kappa shape index (κ1) is 24.1. The summed E-state index contributed by atoms with van der Waals surface area (Å²) >= 11 is 0. The zero-order chi connectivity index (χ0) is 25.7. The molecule has 0 radical (unpaired) electrons. The molecule has 2 aromatic heterocycles. The highest BCUT2D eigenvalue weighted by Gasteiger charge is 2.13. The Balaban J connectivity index is 1.17. The fourth-order valence-corrected chi connectivity index (χ4v) is 4.95. The van der Waals surface area contributed by atoms with E-state index in [1.807, 2.05) is 30.3 Å². The van der Waals surface area contributed by atoms with Crippen molar-refractivity contribution < 1.29 is 4.74 Å². The molecule has 3 aromatic carbocycles. The molecule has 0 saturated carbocycles. The highest BCUT2D eigenvalue weighted by atomic mass is 16.5. The summed E-state index contributed by atoms with van der Waals surface area (Å²) in [5, 5.41) is 4.15. The van der Waals surface area contributed by atoms with E-state index in [4.69, 9.17) is 9.72 Å². The number of ether oxygens (including phenoxy) is 1. The number of hydrogen-bond acceptors (Lipinski definition) is 5. The van der Waals surface area contributed by atoms with Crippen LogP contribution in [0.4, 0.5) is 5.69 Å². The van der Waals surface area contributed by atoms with Gasteiger partial charge in [0.2, 0.25) is 0 Å². The topological polar surface area (TPSA) is 70.2 Å². The average Bonchev–Trinajstić information content (AvgIpc) is 2.98. The van der Waals surface area contributed by atoms with Gasteiger partial charge < -0.3 is 19.9 Å². The summed E-state index contributed by atoms with van der Waals surface area (Å²) in [5.74, 6) is 0. The highest BCUT2D eigenvalue weighted by Crippen LogP contribution is 2.32. The summed E-state index contributed by atoms with van der Waals surface area (Å²) in [7, 11) is 0. The van der Waals surface area contributed by atoms with E-state index in [2.05, 4.69) is 75.9 Å². The molecular weight excluding hydrogens is 472 g/mol. The van der Waals surface area contributed by atoms with Crippen LogP contribution >= 0.6 is 0 Å². The molecule has 0 spiro atoms. The van der Waals surface area contributed by atoms with Crippen LogP contribution < -0.4 is 15.8 Å². The molecule has 0 aliphatic carbocycles. The van der Waals surface area contributed by atoms with E-state index >= 15 is 0 Å². The van der Waals surface area contributed by atoms with E-state index in [1.54, 1.807) is 6.20 Å². The van der Waals surface area contributed by atoms with Crippen molar-refractivity contribution >= 4 is 16.6 Å². The second-order valence-corrected chi connectivity index (χ2v) is 9.56. The van der Waals surface area contributed by atoms with Gasteiger partial charge in [-0.1, -0.05) is 66.7 Å². The Labute approximate surface area is 221 Å². The van der Waals surface area contributed by atoms with E-state index in [1.165, 1.54) is 16.8 Å². The number of nitrogens with zero attached hydrogens (tertiary/aromatic N) is 2. The molecule has 6 rings (SSSR count). The lowest BCUT2D eigenvalue weighted by Gasteiger charge is -2.28. The molecule has 6 nitrogen and oxygen atoms in total. The second kappa shape index (κ2) is 11.0. The van der Waals surface area contributed by atoms with Crippen LogP contribution in [0.25, 0.3) is 33.3 Å². The van der Waals surface area contributed by atoms with Crippen molar-refractivity contribution in [2.24, 2.45) is 0 Å². The third kappa shape index (κ3) is 5.23. The van der Waals surface area contributed by atoms with Gasteiger partial charge in [0, 0.05) is 49.2 Å². The van der Waals surface area contributed by atoms with Crippen molar-refractivity contribution in [2.75, 3.05) is 31.2 Å². The van der Waals surface area contributed by atoms with Gasteiger partial charge in [-0.15, -0.1) is 0 Å². The molecule has 1 aliphatic heterocycles. The van der Waals surface area contributed by atoms with Gasteiger partial charge in [0.15, 0.2) is 0 Å². The fourth-order valence-electron chi connectivity index (χ4n) is 4.95. The molecule has 5 aromatic rings. The number of benzene rings is 3. The quantitative estimate of drug-likeness (QED) is 0.313. The molecule has 38 heavy (non-hydrogen) atoms. The van der Waals surface area contributed by atoms with Gasteiger partial charge in [0.05, 0.1) is 29.8 Å². The lowest BCUT2D eigenvalue weighted by atomic mass is 9.97. The standard InChI is InChI=1S/C32H30N4O2/c37-32-29-20-28(25-4-2-1-3-5-25)31(35-30(29)14-15-34-32)26-10-6-23(7-11-26)21-33-22-24-8-12-27(13-9-24)36-16-18-38-19-17-36/h1-15,20,33H,16-19,21-22H2,(H,34,37). The van der Waals surface area contributed by atoms with Gasteiger partial charge in [0.1, 0.15) is 0 Å². The Hall–Kier alpha value is -4.26. The number of anilines is 1. The maximum atomic E-state index is 12.4. The first-order valence-corrected chi connectivity index (χ1v) is 13.0. The number of pyridine rings is 2. The van der Waals surface area contributed by atoms with Gasteiger partial charge in [0.25, 0.3) is 5.56 Å².